The molecule has 3 atom stereocenters. The van der Waals surface area contributed by atoms with Gasteiger partial charge in [-0.2, -0.15) is 0 Å². The van der Waals surface area contributed by atoms with E-state index in [9.17, 15) is 24.6 Å². The summed E-state index contributed by atoms with van der Waals surface area (Å²) in [6, 6.07) is -1.78. The molecule has 0 aromatic carbocycles. The zero-order valence-electron chi connectivity index (χ0n) is 22.9. The number of likely N-dealkylation sites (N-methyl/N-ethyl adjacent to an activating group) is 1. The van der Waals surface area contributed by atoms with Crippen LogP contribution in [0.3, 0.4) is 0 Å². The Labute approximate surface area is 211 Å². The molecule has 0 aromatic heterocycles. The molecule has 0 radical (unpaired) electrons. The number of piperidine rings is 1. The molecular formula is C26H48N4O5. The number of likely N-dealkylation sites (tertiary alicyclic amines) is 1. The monoisotopic (exact) mass is 496 g/mol. The van der Waals surface area contributed by atoms with Crippen LogP contribution in [0.25, 0.3) is 0 Å². The van der Waals surface area contributed by atoms with Crippen molar-refractivity contribution in [3.05, 3.63) is 11.6 Å². The predicted octanol–water partition coefficient (Wildman–Crippen LogP) is 1.29. The first-order chi connectivity index (χ1) is 16.3. The normalized spacial score (nSPS) is 19.3. The van der Waals surface area contributed by atoms with Crippen molar-refractivity contribution in [2.24, 2.45) is 11.8 Å². The highest BCUT2D eigenvalue weighted by molar-refractivity contribution is 5.93. The van der Waals surface area contributed by atoms with Gasteiger partial charge in [0.2, 0.25) is 17.7 Å². The smallest absolute Gasteiger partial charge is 0.247 e. The van der Waals surface area contributed by atoms with Gasteiger partial charge in [0.25, 0.3) is 0 Å². The number of aliphatic hydroxyl groups is 2. The first-order valence-corrected chi connectivity index (χ1v) is 12.9. The molecule has 0 unspecified atom stereocenters. The fraction of sp³-hybridized carbons (Fsp3) is 0.808. The Balaban J connectivity index is 3.06. The highest BCUT2D eigenvalue weighted by Gasteiger charge is 2.36. The van der Waals surface area contributed by atoms with Crippen molar-refractivity contribution in [2.45, 2.75) is 97.9 Å². The standard InChI is InChI=1S/C26H48N4O5/c1-16(2)22(13-19(7)24(33)27-20(14-31)15-32)29(8)26(35)23(17(3)4)28-25(34)21-11-9-10-12-30(21)18(5)6/h13,16-18,20-23,31-32H,9-12,14-15H2,1-8H3,(H,27,33)(H,28,34)/b19-13+/t21-,22-,23+/m1/s1. The summed E-state index contributed by atoms with van der Waals surface area (Å²) >= 11 is 0. The average molecular weight is 497 g/mol. The fourth-order valence-corrected chi connectivity index (χ4v) is 4.51. The van der Waals surface area contributed by atoms with E-state index in [1.165, 1.54) is 0 Å². The maximum Gasteiger partial charge on any atom is 0.247 e. The number of amides is 3. The summed E-state index contributed by atoms with van der Waals surface area (Å²) in [5.74, 6) is -0.820. The van der Waals surface area contributed by atoms with E-state index in [0.29, 0.717) is 5.57 Å². The third-order valence-electron chi connectivity index (χ3n) is 6.77. The van der Waals surface area contributed by atoms with E-state index in [1.807, 2.05) is 27.7 Å². The fourth-order valence-electron chi connectivity index (χ4n) is 4.51. The number of aliphatic hydroxyl groups excluding tert-OH is 2. The van der Waals surface area contributed by atoms with Crippen LogP contribution in [0, 0.1) is 11.8 Å². The van der Waals surface area contributed by atoms with Crippen LogP contribution in [0.2, 0.25) is 0 Å². The minimum Gasteiger partial charge on any atom is -0.394 e. The third kappa shape index (κ3) is 8.88. The van der Waals surface area contributed by atoms with Crippen LogP contribution in [0.15, 0.2) is 11.6 Å². The second-order valence-electron chi connectivity index (χ2n) is 10.6. The van der Waals surface area contributed by atoms with Crippen LogP contribution in [-0.2, 0) is 14.4 Å². The largest absolute Gasteiger partial charge is 0.394 e. The van der Waals surface area contributed by atoms with Gasteiger partial charge in [0.15, 0.2) is 0 Å². The molecule has 35 heavy (non-hydrogen) atoms. The molecule has 4 N–H and O–H groups in total. The zero-order chi connectivity index (χ0) is 26.9. The van der Waals surface area contributed by atoms with Gasteiger partial charge < -0.3 is 25.7 Å². The van der Waals surface area contributed by atoms with Crippen LogP contribution in [0.5, 0.6) is 0 Å². The van der Waals surface area contributed by atoms with Gasteiger partial charge in [-0.25, -0.2) is 0 Å². The molecule has 1 heterocycles. The SMILES string of the molecule is C/C(=C\[C@H](C(C)C)N(C)C(=O)[C@@H](NC(=O)[C@H]1CCCCN1C(C)C)C(C)C)C(=O)NC(CO)CO. The van der Waals surface area contributed by atoms with Crippen molar-refractivity contribution in [3.8, 4) is 0 Å². The Morgan fingerprint density at radius 1 is 1.00 bits per heavy atom. The summed E-state index contributed by atoms with van der Waals surface area (Å²) < 4.78 is 0. The van der Waals surface area contributed by atoms with Crippen molar-refractivity contribution in [3.63, 3.8) is 0 Å². The summed E-state index contributed by atoms with van der Waals surface area (Å²) in [5, 5.41) is 24.1. The Hall–Kier alpha value is -1.97. The average Bonchev–Trinajstić information content (AvgIpc) is 2.82. The summed E-state index contributed by atoms with van der Waals surface area (Å²) in [5.41, 5.74) is 0.384. The molecule has 9 heteroatoms. The predicted molar refractivity (Wildman–Crippen MR) is 138 cm³/mol. The second-order valence-corrected chi connectivity index (χ2v) is 10.6. The molecule has 0 spiro atoms. The molecule has 0 aromatic rings. The molecule has 1 fully saturated rings. The van der Waals surface area contributed by atoms with Crippen LogP contribution < -0.4 is 10.6 Å². The van der Waals surface area contributed by atoms with Crippen LogP contribution in [0.1, 0.15) is 67.7 Å². The Bertz CT molecular complexity index is 733. The summed E-state index contributed by atoms with van der Waals surface area (Å²) in [4.78, 5) is 43.2. The third-order valence-corrected chi connectivity index (χ3v) is 6.77. The molecule has 0 saturated carbocycles. The van der Waals surface area contributed by atoms with Crippen molar-refractivity contribution >= 4 is 17.7 Å². The van der Waals surface area contributed by atoms with Crippen molar-refractivity contribution in [1.29, 1.82) is 0 Å². The number of hydrogen-bond acceptors (Lipinski definition) is 6. The summed E-state index contributed by atoms with van der Waals surface area (Å²) in [6.07, 6.45) is 4.58. The maximum atomic E-state index is 13.6. The van der Waals surface area contributed by atoms with Gasteiger partial charge in [-0.05, 0) is 52.0 Å². The lowest BCUT2D eigenvalue weighted by Crippen LogP contribution is -2.58. The molecular weight excluding hydrogens is 448 g/mol. The zero-order valence-corrected chi connectivity index (χ0v) is 22.9. The van der Waals surface area contributed by atoms with Crippen molar-refractivity contribution < 1.29 is 24.6 Å². The van der Waals surface area contributed by atoms with Crippen LogP contribution >= 0.6 is 0 Å². The number of carbonyl (C=O) groups is 3. The Kier molecular flexibility index (Phi) is 12.9. The van der Waals surface area contributed by atoms with Gasteiger partial charge in [0.05, 0.1) is 31.3 Å². The van der Waals surface area contributed by atoms with E-state index in [2.05, 4.69) is 29.4 Å². The molecule has 9 nitrogen and oxygen atoms in total. The quantitative estimate of drug-likeness (QED) is 0.302. The topological polar surface area (TPSA) is 122 Å². The van der Waals surface area contributed by atoms with E-state index in [1.54, 1.807) is 24.9 Å². The first kappa shape index (κ1) is 31.1. The van der Waals surface area contributed by atoms with E-state index in [-0.39, 0.29) is 55.0 Å². The van der Waals surface area contributed by atoms with Crippen molar-refractivity contribution in [2.75, 3.05) is 26.8 Å². The Morgan fingerprint density at radius 3 is 2.09 bits per heavy atom. The Morgan fingerprint density at radius 2 is 1.60 bits per heavy atom. The molecule has 1 rings (SSSR count). The minimum atomic E-state index is -0.742. The number of hydrogen-bond donors (Lipinski definition) is 4. The van der Waals surface area contributed by atoms with Gasteiger partial charge in [-0.3, -0.25) is 19.3 Å². The van der Waals surface area contributed by atoms with Gasteiger partial charge >= 0.3 is 0 Å². The van der Waals surface area contributed by atoms with Crippen molar-refractivity contribution in [1.82, 2.24) is 20.4 Å². The van der Waals surface area contributed by atoms with Gasteiger partial charge in [0.1, 0.15) is 6.04 Å². The number of rotatable bonds is 12. The number of carbonyl (C=O) groups excluding carboxylic acids is 3. The molecule has 3 amide bonds. The van der Waals surface area contributed by atoms with Crippen LogP contribution in [0.4, 0.5) is 0 Å². The lowest BCUT2D eigenvalue weighted by molar-refractivity contribution is -0.140. The molecule has 0 aliphatic carbocycles. The maximum absolute atomic E-state index is 13.6. The number of nitrogens with one attached hydrogen (secondary N) is 2. The minimum absolute atomic E-state index is 0.0106. The molecule has 202 valence electrons. The lowest BCUT2D eigenvalue weighted by atomic mass is 9.95. The van der Waals surface area contributed by atoms with Gasteiger partial charge in [-0.1, -0.05) is 40.2 Å². The summed E-state index contributed by atoms with van der Waals surface area (Å²) in [6.45, 7) is 13.7. The van der Waals surface area contributed by atoms with Crippen LogP contribution in [-0.4, -0.2) is 94.7 Å². The highest BCUT2D eigenvalue weighted by atomic mass is 16.3. The van der Waals surface area contributed by atoms with Gasteiger partial charge in [-0.15, -0.1) is 0 Å². The molecule has 1 aliphatic rings. The summed E-state index contributed by atoms with van der Waals surface area (Å²) in [7, 11) is 1.70. The van der Waals surface area contributed by atoms with E-state index in [0.717, 1.165) is 25.8 Å². The lowest BCUT2D eigenvalue weighted by Gasteiger charge is -2.39. The highest BCUT2D eigenvalue weighted by Crippen LogP contribution is 2.21. The second kappa shape index (κ2) is 14.6. The van der Waals surface area contributed by atoms with E-state index >= 15 is 0 Å². The van der Waals surface area contributed by atoms with Gasteiger partial charge in [0, 0.05) is 18.7 Å². The van der Waals surface area contributed by atoms with E-state index < -0.39 is 18.0 Å². The molecule has 0 bridgehead atoms. The molecule has 1 aliphatic heterocycles. The number of nitrogens with zero attached hydrogens (tertiary/aromatic N) is 2. The first-order valence-electron chi connectivity index (χ1n) is 12.9. The van der Waals surface area contributed by atoms with E-state index in [4.69, 9.17) is 0 Å². The molecule has 1 saturated heterocycles.